The standard InChI is InChI=1S/C15H25N3O4S/c1-12-5-3-9-18(11-12)10-4-8-17-15(19)13-6-7-14(22-13)23(20,21)16-2/h6-7,12,16H,3-5,8-11H2,1-2H3,(H,17,19)/t12-/m1/s1. The SMILES string of the molecule is CNS(=O)(=O)c1ccc(C(=O)NCCCN2CCC[C@@H](C)C2)o1. The minimum Gasteiger partial charge on any atom is -0.438 e. The fraction of sp³-hybridized carbons (Fsp3) is 0.667. The molecular weight excluding hydrogens is 318 g/mol. The largest absolute Gasteiger partial charge is 0.438 e. The molecule has 0 unspecified atom stereocenters. The van der Waals surface area contributed by atoms with E-state index in [-0.39, 0.29) is 10.9 Å². The van der Waals surface area contributed by atoms with Crippen LogP contribution in [-0.2, 0) is 10.0 Å². The van der Waals surface area contributed by atoms with Crippen molar-refractivity contribution in [1.82, 2.24) is 14.9 Å². The number of nitrogens with one attached hydrogen (secondary N) is 2. The first-order valence-corrected chi connectivity index (χ1v) is 9.44. The van der Waals surface area contributed by atoms with Crippen LogP contribution < -0.4 is 10.0 Å². The first-order chi connectivity index (χ1) is 10.9. The summed E-state index contributed by atoms with van der Waals surface area (Å²) in [6.07, 6.45) is 3.40. The summed E-state index contributed by atoms with van der Waals surface area (Å²) in [6, 6.07) is 2.64. The van der Waals surface area contributed by atoms with E-state index >= 15 is 0 Å². The van der Waals surface area contributed by atoms with Gasteiger partial charge in [-0.25, -0.2) is 13.1 Å². The molecule has 0 bridgehead atoms. The zero-order chi connectivity index (χ0) is 16.9. The van der Waals surface area contributed by atoms with Crippen molar-refractivity contribution < 1.29 is 17.6 Å². The van der Waals surface area contributed by atoms with Crippen LogP contribution in [-0.4, -0.2) is 52.5 Å². The normalized spacial score (nSPS) is 19.7. The van der Waals surface area contributed by atoms with Gasteiger partial charge in [0.1, 0.15) is 0 Å². The highest BCUT2D eigenvalue weighted by Crippen LogP contribution is 2.15. The third kappa shape index (κ3) is 5.05. The molecule has 0 radical (unpaired) electrons. The van der Waals surface area contributed by atoms with E-state index in [1.165, 1.54) is 32.0 Å². The molecule has 0 aromatic carbocycles. The Bertz CT molecular complexity index is 626. The zero-order valence-corrected chi connectivity index (χ0v) is 14.5. The molecule has 7 nitrogen and oxygen atoms in total. The maximum Gasteiger partial charge on any atom is 0.287 e. The van der Waals surface area contributed by atoms with E-state index in [1.54, 1.807) is 0 Å². The van der Waals surface area contributed by atoms with Crippen molar-refractivity contribution in [3.8, 4) is 0 Å². The average molecular weight is 343 g/mol. The van der Waals surface area contributed by atoms with E-state index in [1.807, 2.05) is 0 Å². The molecule has 1 atom stereocenters. The molecule has 1 amide bonds. The molecule has 1 saturated heterocycles. The highest BCUT2D eigenvalue weighted by atomic mass is 32.2. The lowest BCUT2D eigenvalue weighted by molar-refractivity contribution is 0.0917. The van der Waals surface area contributed by atoms with Gasteiger partial charge in [-0.1, -0.05) is 6.92 Å². The molecule has 1 aliphatic heterocycles. The van der Waals surface area contributed by atoms with E-state index in [9.17, 15) is 13.2 Å². The van der Waals surface area contributed by atoms with Crippen LogP contribution in [0.5, 0.6) is 0 Å². The molecule has 2 N–H and O–H groups in total. The summed E-state index contributed by atoms with van der Waals surface area (Å²) in [5, 5.41) is 2.50. The van der Waals surface area contributed by atoms with Gasteiger partial charge in [0, 0.05) is 13.1 Å². The summed E-state index contributed by atoms with van der Waals surface area (Å²) in [4.78, 5) is 14.4. The van der Waals surface area contributed by atoms with Crippen LogP contribution >= 0.6 is 0 Å². The number of hydrogen-bond donors (Lipinski definition) is 2. The van der Waals surface area contributed by atoms with Gasteiger partial charge in [-0.3, -0.25) is 4.79 Å². The number of furan rings is 1. The van der Waals surface area contributed by atoms with Crippen LogP contribution in [0.15, 0.2) is 21.6 Å². The number of sulfonamides is 1. The third-order valence-corrected chi connectivity index (χ3v) is 5.30. The Morgan fingerprint density at radius 1 is 1.43 bits per heavy atom. The number of piperidine rings is 1. The average Bonchev–Trinajstić information content (AvgIpc) is 3.02. The van der Waals surface area contributed by atoms with Gasteiger partial charge in [-0.15, -0.1) is 0 Å². The van der Waals surface area contributed by atoms with Gasteiger partial charge in [-0.2, -0.15) is 0 Å². The van der Waals surface area contributed by atoms with Gasteiger partial charge in [0.25, 0.3) is 15.9 Å². The number of nitrogens with zero attached hydrogens (tertiary/aromatic N) is 1. The van der Waals surface area contributed by atoms with Crippen LogP contribution in [0.3, 0.4) is 0 Å². The maximum absolute atomic E-state index is 11.9. The second-order valence-electron chi connectivity index (χ2n) is 5.98. The lowest BCUT2D eigenvalue weighted by Gasteiger charge is -2.30. The summed E-state index contributed by atoms with van der Waals surface area (Å²) >= 11 is 0. The number of likely N-dealkylation sites (tertiary alicyclic amines) is 1. The molecule has 0 saturated carbocycles. The second kappa shape index (κ2) is 7.94. The van der Waals surface area contributed by atoms with Gasteiger partial charge in [0.15, 0.2) is 5.76 Å². The molecule has 1 aromatic rings. The zero-order valence-electron chi connectivity index (χ0n) is 13.7. The first-order valence-electron chi connectivity index (χ1n) is 7.96. The summed E-state index contributed by atoms with van der Waals surface area (Å²) in [7, 11) is -2.37. The van der Waals surface area contributed by atoms with Crippen molar-refractivity contribution in [2.45, 2.75) is 31.3 Å². The quantitative estimate of drug-likeness (QED) is 0.722. The van der Waals surface area contributed by atoms with Gasteiger partial charge < -0.3 is 14.6 Å². The molecule has 0 spiro atoms. The molecule has 8 heteroatoms. The number of rotatable bonds is 7. The Balaban J connectivity index is 1.75. The molecule has 2 heterocycles. The van der Waals surface area contributed by atoms with Crippen molar-refractivity contribution in [3.63, 3.8) is 0 Å². The van der Waals surface area contributed by atoms with Crippen molar-refractivity contribution in [2.75, 3.05) is 33.2 Å². The molecule has 2 rings (SSSR count). The number of hydrogen-bond acceptors (Lipinski definition) is 5. The van der Waals surface area contributed by atoms with E-state index in [4.69, 9.17) is 4.42 Å². The molecule has 130 valence electrons. The predicted molar refractivity (Wildman–Crippen MR) is 86.7 cm³/mol. The highest BCUT2D eigenvalue weighted by molar-refractivity contribution is 7.89. The Morgan fingerprint density at radius 3 is 2.91 bits per heavy atom. The Labute approximate surface area is 137 Å². The molecule has 23 heavy (non-hydrogen) atoms. The minimum atomic E-state index is -3.66. The lowest BCUT2D eigenvalue weighted by atomic mass is 10.0. The van der Waals surface area contributed by atoms with Crippen molar-refractivity contribution >= 4 is 15.9 Å². The number of carbonyl (C=O) groups excluding carboxylic acids is 1. The van der Waals surface area contributed by atoms with Gasteiger partial charge in [0.2, 0.25) is 5.09 Å². The molecule has 1 aliphatic rings. The predicted octanol–water partition coefficient (Wildman–Crippen LogP) is 1.04. The smallest absolute Gasteiger partial charge is 0.287 e. The molecule has 1 aromatic heterocycles. The van der Waals surface area contributed by atoms with E-state index in [0.29, 0.717) is 6.54 Å². The maximum atomic E-state index is 11.9. The Kier molecular flexibility index (Phi) is 6.20. The van der Waals surface area contributed by atoms with Crippen LogP contribution in [0, 0.1) is 5.92 Å². The summed E-state index contributed by atoms with van der Waals surface area (Å²) in [5.41, 5.74) is 0. The highest BCUT2D eigenvalue weighted by Gasteiger charge is 2.19. The number of carbonyl (C=O) groups is 1. The van der Waals surface area contributed by atoms with Crippen LogP contribution in [0.1, 0.15) is 36.7 Å². The number of amides is 1. The summed E-state index contributed by atoms with van der Waals surface area (Å²) in [6.45, 7) is 6.02. The van der Waals surface area contributed by atoms with Crippen LogP contribution in [0.4, 0.5) is 0 Å². The second-order valence-corrected chi connectivity index (χ2v) is 7.80. The summed E-state index contributed by atoms with van der Waals surface area (Å²) < 4.78 is 30.3. The van der Waals surface area contributed by atoms with E-state index < -0.39 is 15.9 Å². The Morgan fingerprint density at radius 2 is 2.22 bits per heavy atom. The van der Waals surface area contributed by atoms with Crippen molar-refractivity contribution in [3.05, 3.63) is 17.9 Å². The van der Waals surface area contributed by atoms with Crippen LogP contribution in [0.25, 0.3) is 0 Å². The van der Waals surface area contributed by atoms with Crippen molar-refractivity contribution in [1.29, 1.82) is 0 Å². The fourth-order valence-electron chi connectivity index (χ4n) is 2.77. The Hall–Kier alpha value is -1.38. The molecular formula is C15H25N3O4S. The van der Waals surface area contributed by atoms with Crippen molar-refractivity contribution in [2.24, 2.45) is 5.92 Å². The first kappa shape index (κ1) is 18.0. The van der Waals surface area contributed by atoms with Gasteiger partial charge >= 0.3 is 0 Å². The summed E-state index contributed by atoms with van der Waals surface area (Å²) in [5.74, 6) is 0.356. The van der Waals surface area contributed by atoms with Gasteiger partial charge in [0.05, 0.1) is 0 Å². The molecule has 1 fully saturated rings. The minimum absolute atomic E-state index is 0.00502. The molecule has 0 aliphatic carbocycles. The van der Waals surface area contributed by atoms with E-state index in [0.717, 1.165) is 32.0 Å². The third-order valence-electron chi connectivity index (χ3n) is 4.02. The monoisotopic (exact) mass is 343 g/mol. The van der Waals surface area contributed by atoms with E-state index in [2.05, 4.69) is 21.9 Å². The van der Waals surface area contributed by atoms with Gasteiger partial charge in [-0.05, 0) is 57.5 Å². The lowest BCUT2D eigenvalue weighted by Crippen LogP contribution is -2.36. The van der Waals surface area contributed by atoms with Crippen LogP contribution in [0.2, 0.25) is 0 Å². The topological polar surface area (TPSA) is 91.6 Å². The fourth-order valence-corrected chi connectivity index (χ4v) is 3.42.